The molecule has 2 amide bonds. The van der Waals surface area contributed by atoms with E-state index in [1.54, 1.807) is 4.90 Å². The van der Waals surface area contributed by atoms with Gasteiger partial charge in [0.2, 0.25) is 11.8 Å². The van der Waals surface area contributed by atoms with Gasteiger partial charge in [0.15, 0.2) is 0 Å². The molecule has 0 aromatic heterocycles. The highest BCUT2D eigenvalue weighted by molar-refractivity contribution is 5.97. The molecule has 0 saturated carbocycles. The molecule has 1 heterocycles. The highest BCUT2D eigenvalue weighted by Gasteiger charge is 2.33. The van der Waals surface area contributed by atoms with Crippen molar-refractivity contribution >= 4 is 35.3 Å². The number of carbonyl (C=O) groups is 2. The number of amides is 2. The molecule has 1 saturated heterocycles. The average Bonchev–Trinajstić information content (AvgIpc) is 3.31. The Bertz CT molecular complexity index is 1090. The van der Waals surface area contributed by atoms with Gasteiger partial charge in [-0.05, 0) is 53.8 Å². The number of rotatable bonds is 6. The van der Waals surface area contributed by atoms with E-state index in [1.165, 1.54) is 0 Å². The van der Waals surface area contributed by atoms with Gasteiger partial charge in [-0.1, -0.05) is 66.7 Å². The van der Waals surface area contributed by atoms with Gasteiger partial charge < -0.3 is 16.0 Å². The third-order valence-corrected chi connectivity index (χ3v) is 5.66. The standard InChI is InChI=1S/C27H27N3O2/c28-23-14-10-20(11-15-23)8-9-21-12-16-24(17-13-21)29-27(32)25-7-4-18-30(25)26(31)19-22-5-2-1-3-6-22/h1-3,5-6,8-17,25H,4,7,18-19,28H2,(H,29,32)/t25-/m0/s1. The van der Waals surface area contributed by atoms with Crippen LogP contribution in [0.2, 0.25) is 0 Å². The van der Waals surface area contributed by atoms with Gasteiger partial charge in [0.05, 0.1) is 6.42 Å². The molecule has 0 spiro atoms. The van der Waals surface area contributed by atoms with E-state index in [0.717, 1.165) is 34.5 Å². The Kier molecular flexibility index (Phi) is 6.66. The zero-order valence-corrected chi connectivity index (χ0v) is 17.9. The number of hydrogen-bond acceptors (Lipinski definition) is 3. The van der Waals surface area contributed by atoms with Crippen LogP contribution in [0.25, 0.3) is 12.2 Å². The monoisotopic (exact) mass is 425 g/mol. The second kappa shape index (κ2) is 9.96. The summed E-state index contributed by atoms with van der Waals surface area (Å²) in [5.41, 5.74) is 10.2. The maximum absolute atomic E-state index is 12.9. The lowest BCUT2D eigenvalue weighted by molar-refractivity contribution is -0.136. The van der Waals surface area contributed by atoms with E-state index in [2.05, 4.69) is 5.32 Å². The topological polar surface area (TPSA) is 75.4 Å². The summed E-state index contributed by atoms with van der Waals surface area (Å²) >= 11 is 0. The van der Waals surface area contributed by atoms with Crippen LogP contribution in [0.1, 0.15) is 29.5 Å². The number of likely N-dealkylation sites (tertiary alicyclic amines) is 1. The summed E-state index contributed by atoms with van der Waals surface area (Å²) in [6, 6.07) is 24.6. The number of nitrogens with two attached hydrogens (primary N) is 1. The van der Waals surface area contributed by atoms with Crippen LogP contribution in [0.5, 0.6) is 0 Å². The van der Waals surface area contributed by atoms with Gasteiger partial charge in [-0.15, -0.1) is 0 Å². The van der Waals surface area contributed by atoms with E-state index in [4.69, 9.17) is 5.73 Å². The number of nitrogens with one attached hydrogen (secondary N) is 1. The SMILES string of the molecule is Nc1ccc(C=Cc2ccc(NC(=O)[C@@H]3CCCN3C(=O)Cc3ccccc3)cc2)cc1. The highest BCUT2D eigenvalue weighted by atomic mass is 16.2. The molecule has 1 fully saturated rings. The van der Waals surface area contributed by atoms with Crippen LogP contribution >= 0.6 is 0 Å². The summed E-state index contributed by atoms with van der Waals surface area (Å²) in [4.78, 5) is 27.4. The summed E-state index contributed by atoms with van der Waals surface area (Å²) in [5.74, 6) is -0.133. The molecule has 32 heavy (non-hydrogen) atoms. The first kappa shape index (κ1) is 21.4. The lowest BCUT2D eigenvalue weighted by Crippen LogP contribution is -2.43. The fourth-order valence-electron chi connectivity index (χ4n) is 3.91. The van der Waals surface area contributed by atoms with Gasteiger partial charge in [0.25, 0.3) is 0 Å². The highest BCUT2D eigenvalue weighted by Crippen LogP contribution is 2.21. The van der Waals surface area contributed by atoms with Gasteiger partial charge in [0.1, 0.15) is 6.04 Å². The Labute approximate surface area is 188 Å². The summed E-state index contributed by atoms with van der Waals surface area (Å²) < 4.78 is 0. The second-order valence-corrected chi connectivity index (χ2v) is 8.02. The Hall–Kier alpha value is -3.86. The number of anilines is 2. The number of benzene rings is 3. The maximum atomic E-state index is 12.9. The van der Waals surface area contributed by atoms with Crippen molar-refractivity contribution in [3.63, 3.8) is 0 Å². The van der Waals surface area contributed by atoms with Gasteiger partial charge in [0, 0.05) is 17.9 Å². The molecule has 0 aliphatic carbocycles. The van der Waals surface area contributed by atoms with Crippen molar-refractivity contribution < 1.29 is 9.59 Å². The molecule has 5 nitrogen and oxygen atoms in total. The Morgan fingerprint density at radius 1 is 0.906 bits per heavy atom. The molecule has 1 aliphatic rings. The first-order valence-electron chi connectivity index (χ1n) is 10.9. The van der Waals surface area contributed by atoms with Crippen LogP contribution in [0.15, 0.2) is 78.9 Å². The van der Waals surface area contributed by atoms with Gasteiger partial charge in [-0.3, -0.25) is 9.59 Å². The fraction of sp³-hybridized carbons (Fsp3) is 0.185. The minimum atomic E-state index is -0.420. The summed E-state index contributed by atoms with van der Waals surface area (Å²) in [6.45, 7) is 0.624. The van der Waals surface area contributed by atoms with E-state index >= 15 is 0 Å². The number of nitrogen functional groups attached to an aromatic ring is 1. The second-order valence-electron chi connectivity index (χ2n) is 8.02. The van der Waals surface area contributed by atoms with Crippen molar-refractivity contribution in [3.05, 3.63) is 95.6 Å². The van der Waals surface area contributed by atoms with Crippen molar-refractivity contribution in [1.29, 1.82) is 0 Å². The minimum absolute atomic E-state index is 0.00277. The smallest absolute Gasteiger partial charge is 0.247 e. The molecular formula is C27H27N3O2. The Morgan fingerprint density at radius 2 is 1.53 bits per heavy atom. The molecule has 1 aliphatic heterocycles. The lowest BCUT2D eigenvalue weighted by atomic mass is 10.1. The van der Waals surface area contributed by atoms with Crippen molar-refractivity contribution in [1.82, 2.24) is 4.90 Å². The van der Waals surface area contributed by atoms with Crippen molar-refractivity contribution in [3.8, 4) is 0 Å². The normalized spacial score (nSPS) is 15.8. The molecule has 1 atom stereocenters. The van der Waals surface area contributed by atoms with E-state index < -0.39 is 6.04 Å². The van der Waals surface area contributed by atoms with Crippen molar-refractivity contribution in [2.24, 2.45) is 0 Å². The van der Waals surface area contributed by atoms with E-state index in [9.17, 15) is 9.59 Å². The number of hydrogen-bond donors (Lipinski definition) is 2. The largest absolute Gasteiger partial charge is 0.399 e. The van der Waals surface area contributed by atoms with E-state index in [-0.39, 0.29) is 11.8 Å². The van der Waals surface area contributed by atoms with Crippen LogP contribution in [0.4, 0.5) is 11.4 Å². The third-order valence-electron chi connectivity index (χ3n) is 5.66. The average molecular weight is 426 g/mol. The van der Waals surface area contributed by atoms with Crippen LogP contribution in [-0.4, -0.2) is 29.3 Å². The molecule has 3 N–H and O–H groups in total. The molecule has 4 rings (SSSR count). The predicted octanol–water partition coefficient (Wildman–Crippen LogP) is 4.61. The zero-order valence-electron chi connectivity index (χ0n) is 17.9. The van der Waals surface area contributed by atoms with E-state index in [1.807, 2.05) is 91.0 Å². The minimum Gasteiger partial charge on any atom is -0.399 e. The molecule has 3 aromatic rings. The molecule has 0 radical (unpaired) electrons. The van der Waals surface area contributed by atoms with Crippen LogP contribution < -0.4 is 11.1 Å². The Balaban J connectivity index is 1.35. The molecule has 0 bridgehead atoms. The number of nitrogens with zero attached hydrogens (tertiary/aromatic N) is 1. The molecular weight excluding hydrogens is 398 g/mol. The third kappa shape index (κ3) is 5.43. The predicted molar refractivity (Wildman–Crippen MR) is 130 cm³/mol. The lowest BCUT2D eigenvalue weighted by Gasteiger charge is -2.24. The summed E-state index contributed by atoms with van der Waals surface area (Å²) in [6.07, 6.45) is 5.88. The van der Waals surface area contributed by atoms with Gasteiger partial charge in [-0.25, -0.2) is 0 Å². The molecule has 3 aromatic carbocycles. The van der Waals surface area contributed by atoms with Crippen LogP contribution in [0.3, 0.4) is 0 Å². The molecule has 162 valence electrons. The van der Waals surface area contributed by atoms with Crippen molar-refractivity contribution in [2.45, 2.75) is 25.3 Å². The van der Waals surface area contributed by atoms with Crippen LogP contribution in [0, 0.1) is 0 Å². The zero-order chi connectivity index (χ0) is 22.3. The molecule has 0 unspecified atom stereocenters. The quantitative estimate of drug-likeness (QED) is 0.447. The summed E-state index contributed by atoms with van der Waals surface area (Å²) in [7, 11) is 0. The number of carbonyl (C=O) groups excluding carboxylic acids is 2. The first-order valence-corrected chi connectivity index (χ1v) is 10.9. The summed E-state index contributed by atoms with van der Waals surface area (Å²) in [5, 5.41) is 2.97. The van der Waals surface area contributed by atoms with Crippen LogP contribution in [-0.2, 0) is 16.0 Å². The fourth-order valence-corrected chi connectivity index (χ4v) is 3.91. The van der Waals surface area contributed by atoms with Crippen molar-refractivity contribution in [2.75, 3.05) is 17.6 Å². The molecule has 5 heteroatoms. The van der Waals surface area contributed by atoms with Gasteiger partial charge >= 0.3 is 0 Å². The first-order chi connectivity index (χ1) is 15.6. The maximum Gasteiger partial charge on any atom is 0.247 e. The van der Waals surface area contributed by atoms with E-state index in [0.29, 0.717) is 19.4 Å². The van der Waals surface area contributed by atoms with Gasteiger partial charge in [-0.2, -0.15) is 0 Å². The Morgan fingerprint density at radius 3 is 2.19 bits per heavy atom.